The van der Waals surface area contributed by atoms with Crippen molar-refractivity contribution in [3.63, 3.8) is 0 Å². The molecular formula is C13H18FN3O2S. The van der Waals surface area contributed by atoms with E-state index in [1.807, 2.05) is 4.90 Å². The molecule has 0 unspecified atom stereocenters. The third-order valence-corrected chi connectivity index (χ3v) is 5.12. The SMILES string of the molecule is N=C(N)c1cc(F)ccc1CN1CCCS(=O)(=O)CC1. The van der Waals surface area contributed by atoms with Crippen molar-refractivity contribution in [2.45, 2.75) is 13.0 Å². The molecule has 0 spiro atoms. The van der Waals surface area contributed by atoms with Crippen LogP contribution >= 0.6 is 0 Å². The van der Waals surface area contributed by atoms with E-state index in [-0.39, 0.29) is 17.3 Å². The summed E-state index contributed by atoms with van der Waals surface area (Å²) >= 11 is 0. The van der Waals surface area contributed by atoms with Gasteiger partial charge < -0.3 is 5.73 Å². The number of nitrogen functional groups attached to an aromatic ring is 1. The van der Waals surface area contributed by atoms with Crippen molar-refractivity contribution in [1.82, 2.24) is 4.90 Å². The molecule has 5 nitrogen and oxygen atoms in total. The summed E-state index contributed by atoms with van der Waals surface area (Å²) in [7, 11) is -2.95. The lowest BCUT2D eigenvalue weighted by atomic mass is 10.1. The predicted octanol–water partition coefficient (Wildman–Crippen LogP) is 0.730. The fraction of sp³-hybridized carbons (Fsp3) is 0.462. The third-order valence-electron chi connectivity index (χ3n) is 3.40. The van der Waals surface area contributed by atoms with E-state index in [0.717, 1.165) is 5.56 Å². The zero-order chi connectivity index (χ0) is 14.8. The molecule has 0 radical (unpaired) electrons. The van der Waals surface area contributed by atoms with Crippen molar-refractivity contribution in [2.24, 2.45) is 5.73 Å². The molecule has 1 aliphatic rings. The molecule has 1 saturated heterocycles. The monoisotopic (exact) mass is 299 g/mol. The first-order valence-electron chi connectivity index (χ1n) is 6.43. The van der Waals surface area contributed by atoms with Crippen molar-refractivity contribution in [3.8, 4) is 0 Å². The largest absolute Gasteiger partial charge is 0.384 e. The van der Waals surface area contributed by atoms with Crippen LogP contribution in [0.1, 0.15) is 17.5 Å². The number of nitrogens with zero attached hydrogens (tertiary/aromatic N) is 1. The zero-order valence-corrected chi connectivity index (χ0v) is 11.9. The van der Waals surface area contributed by atoms with Gasteiger partial charge in [0.05, 0.1) is 11.5 Å². The zero-order valence-electron chi connectivity index (χ0n) is 11.1. The Hall–Kier alpha value is -1.47. The Kier molecular flexibility index (Phi) is 4.39. The van der Waals surface area contributed by atoms with Crippen LogP contribution in [0.25, 0.3) is 0 Å². The fourth-order valence-electron chi connectivity index (χ4n) is 2.33. The number of sulfone groups is 1. The quantitative estimate of drug-likeness (QED) is 0.636. The third kappa shape index (κ3) is 3.77. The van der Waals surface area contributed by atoms with Gasteiger partial charge >= 0.3 is 0 Å². The molecule has 2 rings (SSSR count). The summed E-state index contributed by atoms with van der Waals surface area (Å²) in [6.45, 7) is 1.61. The Bertz CT molecular complexity index is 616. The lowest BCUT2D eigenvalue weighted by Gasteiger charge is -2.20. The Labute approximate surface area is 118 Å². The van der Waals surface area contributed by atoms with Gasteiger partial charge in [-0.05, 0) is 30.7 Å². The first kappa shape index (κ1) is 14.9. The van der Waals surface area contributed by atoms with Crippen molar-refractivity contribution >= 4 is 15.7 Å². The molecule has 0 bridgehead atoms. The van der Waals surface area contributed by atoms with Crippen LogP contribution in [0.3, 0.4) is 0 Å². The topological polar surface area (TPSA) is 87.2 Å². The van der Waals surface area contributed by atoms with Gasteiger partial charge in [0.2, 0.25) is 0 Å². The molecule has 1 aromatic carbocycles. The summed E-state index contributed by atoms with van der Waals surface area (Å²) in [5, 5.41) is 7.49. The van der Waals surface area contributed by atoms with Crippen LogP contribution in [0.5, 0.6) is 0 Å². The van der Waals surface area contributed by atoms with Crippen LogP contribution in [0.15, 0.2) is 18.2 Å². The summed E-state index contributed by atoms with van der Waals surface area (Å²) in [6, 6.07) is 4.17. The van der Waals surface area contributed by atoms with E-state index in [9.17, 15) is 12.8 Å². The minimum absolute atomic E-state index is 0.142. The van der Waals surface area contributed by atoms with Gasteiger partial charge in [-0.3, -0.25) is 10.3 Å². The van der Waals surface area contributed by atoms with Crippen molar-refractivity contribution < 1.29 is 12.8 Å². The number of halogens is 1. The van der Waals surface area contributed by atoms with Crippen LogP contribution < -0.4 is 5.73 Å². The molecule has 110 valence electrons. The molecule has 3 N–H and O–H groups in total. The summed E-state index contributed by atoms with van der Waals surface area (Å²) < 4.78 is 36.3. The average molecular weight is 299 g/mol. The van der Waals surface area contributed by atoms with Gasteiger partial charge in [-0.25, -0.2) is 12.8 Å². The molecule has 1 heterocycles. The molecule has 0 aliphatic carbocycles. The molecule has 0 atom stereocenters. The summed E-state index contributed by atoms with van der Waals surface area (Å²) in [4.78, 5) is 2.00. The normalized spacial score (nSPS) is 19.4. The molecule has 0 amide bonds. The Balaban J connectivity index is 2.16. The van der Waals surface area contributed by atoms with Crippen LogP contribution in [0.2, 0.25) is 0 Å². The smallest absolute Gasteiger partial charge is 0.151 e. The Morgan fingerprint density at radius 1 is 1.35 bits per heavy atom. The second-order valence-electron chi connectivity index (χ2n) is 5.00. The first-order valence-corrected chi connectivity index (χ1v) is 8.25. The van der Waals surface area contributed by atoms with Crippen LogP contribution in [0, 0.1) is 11.2 Å². The molecule has 7 heteroatoms. The molecular weight excluding hydrogens is 281 g/mol. The Morgan fingerprint density at radius 3 is 2.80 bits per heavy atom. The summed E-state index contributed by atoms with van der Waals surface area (Å²) in [6.07, 6.45) is 0.596. The number of hydrogen-bond donors (Lipinski definition) is 2. The maximum Gasteiger partial charge on any atom is 0.151 e. The standard InChI is InChI=1S/C13H18FN3O2S/c14-11-3-2-10(12(8-11)13(15)16)9-17-4-1-6-20(18,19)7-5-17/h2-3,8H,1,4-7,9H2,(H3,15,16). The second-order valence-corrected chi connectivity index (χ2v) is 7.30. The number of nitrogens with two attached hydrogens (primary N) is 1. The highest BCUT2D eigenvalue weighted by molar-refractivity contribution is 7.91. The van der Waals surface area contributed by atoms with Crippen molar-refractivity contribution in [3.05, 3.63) is 35.1 Å². The number of hydrogen-bond acceptors (Lipinski definition) is 4. The van der Waals surface area contributed by atoms with E-state index in [4.69, 9.17) is 11.1 Å². The Morgan fingerprint density at radius 2 is 2.10 bits per heavy atom. The summed E-state index contributed by atoms with van der Waals surface area (Å²) in [5.41, 5.74) is 6.59. The van der Waals surface area contributed by atoms with Gasteiger partial charge in [0, 0.05) is 18.7 Å². The van der Waals surface area contributed by atoms with Crippen LogP contribution in [0.4, 0.5) is 4.39 Å². The fourth-order valence-corrected chi connectivity index (χ4v) is 3.64. The van der Waals surface area contributed by atoms with E-state index in [0.29, 0.717) is 31.6 Å². The number of amidine groups is 1. The van der Waals surface area contributed by atoms with Gasteiger partial charge in [0.1, 0.15) is 11.7 Å². The lowest BCUT2D eigenvalue weighted by molar-refractivity contribution is 0.287. The molecule has 20 heavy (non-hydrogen) atoms. The highest BCUT2D eigenvalue weighted by atomic mass is 32.2. The predicted molar refractivity (Wildman–Crippen MR) is 76.0 cm³/mol. The van der Waals surface area contributed by atoms with Gasteiger partial charge in [0.15, 0.2) is 9.84 Å². The molecule has 0 aromatic heterocycles. The summed E-state index contributed by atoms with van der Waals surface area (Å²) in [5.74, 6) is -0.254. The van der Waals surface area contributed by atoms with E-state index in [1.165, 1.54) is 12.1 Å². The minimum Gasteiger partial charge on any atom is -0.384 e. The van der Waals surface area contributed by atoms with Gasteiger partial charge in [-0.1, -0.05) is 6.07 Å². The van der Waals surface area contributed by atoms with Crippen LogP contribution in [-0.2, 0) is 16.4 Å². The second kappa shape index (κ2) is 5.88. The van der Waals surface area contributed by atoms with Gasteiger partial charge in [-0.15, -0.1) is 0 Å². The first-order chi connectivity index (χ1) is 9.37. The van der Waals surface area contributed by atoms with E-state index in [2.05, 4.69) is 0 Å². The van der Waals surface area contributed by atoms with Gasteiger partial charge in [-0.2, -0.15) is 0 Å². The maximum atomic E-state index is 13.2. The number of benzene rings is 1. The minimum atomic E-state index is -2.95. The van der Waals surface area contributed by atoms with E-state index >= 15 is 0 Å². The van der Waals surface area contributed by atoms with E-state index in [1.54, 1.807) is 6.07 Å². The molecule has 1 aromatic rings. The number of rotatable bonds is 3. The molecule has 1 fully saturated rings. The average Bonchev–Trinajstić information content (AvgIpc) is 2.53. The molecule has 1 aliphatic heterocycles. The highest BCUT2D eigenvalue weighted by Crippen LogP contribution is 2.15. The van der Waals surface area contributed by atoms with Gasteiger partial charge in [0.25, 0.3) is 0 Å². The highest BCUT2D eigenvalue weighted by Gasteiger charge is 2.20. The van der Waals surface area contributed by atoms with Crippen molar-refractivity contribution in [2.75, 3.05) is 24.6 Å². The number of nitrogens with one attached hydrogen (secondary N) is 1. The van der Waals surface area contributed by atoms with E-state index < -0.39 is 15.7 Å². The maximum absolute atomic E-state index is 13.2. The van der Waals surface area contributed by atoms with Crippen LogP contribution in [-0.4, -0.2) is 43.7 Å². The lowest BCUT2D eigenvalue weighted by Crippen LogP contribution is -2.28. The van der Waals surface area contributed by atoms with Crippen molar-refractivity contribution in [1.29, 1.82) is 5.41 Å². The molecule has 0 saturated carbocycles.